The topological polar surface area (TPSA) is 86.8 Å². The molecule has 0 aliphatic rings. The fourth-order valence-corrected chi connectivity index (χ4v) is 4.67. The Bertz CT molecular complexity index is 1150. The number of anilines is 1. The van der Waals surface area contributed by atoms with Gasteiger partial charge in [0.05, 0.1) is 11.9 Å². The number of carbonyl (C=O) groups is 2. The van der Waals surface area contributed by atoms with Gasteiger partial charge in [-0.3, -0.25) is 13.9 Å². The van der Waals surface area contributed by atoms with Crippen LogP contribution in [0.1, 0.15) is 55.9 Å². The molecular weight excluding hydrogens is 462 g/mol. The molecule has 0 unspecified atom stereocenters. The summed E-state index contributed by atoms with van der Waals surface area (Å²) in [6.07, 6.45) is 2.26. The first kappa shape index (κ1) is 28.4. The van der Waals surface area contributed by atoms with Gasteiger partial charge in [-0.05, 0) is 74.9 Å². The van der Waals surface area contributed by atoms with Crippen LogP contribution in [0.2, 0.25) is 0 Å². The summed E-state index contributed by atoms with van der Waals surface area (Å²) in [6, 6.07) is 12.2. The number of carbonyl (C=O) groups excluding carboxylic acids is 2. The molecule has 2 aromatic carbocycles. The Morgan fingerprint density at radius 1 is 0.943 bits per heavy atom. The number of nitrogens with one attached hydrogen (secondary N) is 1. The molecule has 0 spiro atoms. The molecule has 1 N–H and O–H groups in total. The second kappa shape index (κ2) is 12.2. The van der Waals surface area contributed by atoms with Gasteiger partial charge in [0, 0.05) is 12.6 Å². The molecule has 0 aliphatic carbocycles. The molecule has 0 radical (unpaired) electrons. The van der Waals surface area contributed by atoms with E-state index in [2.05, 4.69) is 5.32 Å². The fraction of sp³-hybridized carbons (Fsp3) is 0.481. The van der Waals surface area contributed by atoms with Gasteiger partial charge in [-0.15, -0.1) is 0 Å². The SMILES string of the molecule is CC[C@H](C)NC(=O)[C@H](CC)N(Cc1ccccc1C)C(=O)CN(c1ccc(C)c(C)c1)S(C)(=O)=O. The average molecular weight is 502 g/mol. The van der Waals surface area contributed by atoms with E-state index in [9.17, 15) is 18.0 Å². The Kier molecular flexibility index (Phi) is 9.89. The van der Waals surface area contributed by atoms with Crippen molar-refractivity contribution in [3.05, 3.63) is 64.7 Å². The molecule has 2 atom stereocenters. The first-order valence-electron chi connectivity index (χ1n) is 12.1. The molecule has 0 aliphatic heterocycles. The number of hydrogen-bond acceptors (Lipinski definition) is 4. The number of aryl methyl sites for hydroxylation is 3. The smallest absolute Gasteiger partial charge is 0.244 e. The van der Waals surface area contributed by atoms with Crippen molar-refractivity contribution in [2.75, 3.05) is 17.1 Å². The summed E-state index contributed by atoms with van der Waals surface area (Å²) in [5, 5.41) is 2.98. The number of rotatable bonds is 11. The Balaban J connectivity index is 2.47. The third-order valence-corrected chi connectivity index (χ3v) is 7.59. The van der Waals surface area contributed by atoms with Crippen LogP contribution < -0.4 is 9.62 Å². The van der Waals surface area contributed by atoms with E-state index in [1.807, 2.05) is 71.9 Å². The van der Waals surface area contributed by atoms with Crippen molar-refractivity contribution >= 4 is 27.5 Å². The molecule has 0 saturated carbocycles. The van der Waals surface area contributed by atoms with Crippen molar-refractivity contribution < 1.29 is 18.0 Å². The van der Waals surface area contributed by atoms with E-state index >= 15 is 0 Å². The van der Waals surface area contributed by atoms with Crippen LogP contribution in [0.3, 0.4) is 0 Å². The van der Waals surface area contributed by atoms with E-state index in [1.54, 1.807) is 12.1 Å². The lowest BCUT2D eigenvalue weighted by Gasteiger charge is -2.33. The van der Waals surface area contributed by atoms with Crippen molar-refractivity contribution in [3.8, 4) is 0 Å². The quantitative estimate of drug-likeness (QED) is 0.502. The van der Waals surface area contributed by atoms with E-state index in [0.29, 0.717) is 12.1 Å². The van der Waals surface area contributed by atoms with Gasteiger partial charge in [0.1, 0.15) is 12.6 Å². The summed E-state index contributed by atoms with van der Waals surface area (Å²) in [5.74, 6) is -0.663. The van der Waals surface area contributed by atoms with E-state index in [4.69, 9.17) is 0 Å². The van der Waals surface area contributed by atoms with Gasteiger partial charge in [0.2, 0.25) is 21.8 Å². The minimum absolute atomic E-state index is 0.0324. The molecule has 0 saturated heterocycles. The van der Waals surface area contributed by atoms with Crippen LogP contribution >= 0.6 is 0 Å². The molecule has 0 aromatic heterocycles. The van der Waals surface area contributed by atoms with Gasteiger partial charge in [-0.25, -0.2) is 8.42 Å². The molecule has 7 nitrogen and oxygen atoms in total. The van der Waals surface area contributed by atoms with Crippen molar-refractivity contribution in [1.82, 2.24) is 10.2 Å². The van der Waals surface area contributed by atoms with E-state index < -0.39 is 22.0 Å². The zero-order chi connectivity index (χ0) is 26.3. The van der Waals surface area contributed by atoms with Crippen LogP contribution in [0.5, 0.6) is 0 Å². The zero-order valence-corrected chi connectivity index (χ0v) is 22.8. The first-order chi connectivity index (χ1) is 16.4. The summed E-state index contributed by atoms with van der Waals surface area (Å²) in [5.41, 5.74) is 4.29. The lowest BCUT2D eigenvalue weighted by atomic mass is 10.1. The standard InChI is InChI=1S/C27H39N3O4S/c1-8-22(6)28-27(32)25(9-2)29(17-23-13-11-10-12-20(23)4)26(31)18-30(35(7,33)34)24-15-14-19(3)21(5)16-24/h10-16,22,25H,8-9,17-18H2,1-7H3,(H,28,32)/t22-,25-/m0/s1. The summed E-state index contributed by atoms with van der Waals surface area (Å²) in [7, 11) is -3.75. The second-order valence-corrected chi connectivity index (χ2v) is 11.1. The van der Waals surface area contributed by atoms with Crippen molar-refractivity contribution in [2.45, 2.75) is 73.0 Å². The maximum atomic E-state index is 13.7. The summed E-state index contributed by atoms with van der Waals surface area (Å²) in [6.45, 7) is 11.4. The Labute approximate surface area is 210 Å². The molecular formula is C27H39N3O4S. The Morgan fingerprint density at radius 2 is 1.60 bits per heavy atom. The number of nitrogens with zero attached hydrogens (tertiary/aromatic N) is 2. The van der Waals surface area contributed by atoms with Gasteiger partial charge in [-0.1, -0.05) is 44.2 Å². The largest absolute Gasteiger partial charge is 0.352 e. The molecule has 2 rings (SSSR count). The van der Waals surface area contributed by atoms with Crippen LogP contribution in [-0.2, 0) is 26.2 Å². The van der Waals surface area contributed by atoms with Gasteiger partial charge in [0.25, 0.3) is 0 Å². The van der Waals surface area contributed by atoms with Crippen LogP contribution in [0.15, 0.2) is 42.5 Å². The van der Waals surface area contributed by atoms with Crippen LogP contribution in [0.4, 0.5) is 5.69 Å². The predicted molar refractivity (Wildman–Crippen MR) is 142 cm³/mol. The Morgan fingerprint density at radius 3 is 2.14 bits per heavy atom. The highest BCUT2D eigenvalue weighted by Gasteiger charge is 2.32. The molecule has 0 heterocycles. The molecule has 0 bridgehead atoms. The summed E-state index contributed by atoms with van der Waals surface area (Å²) < 4.78 is 26.6. The second-order valence-electron chi connectivity index (χ2n) is 9.23. The third-order valence-electron chi connectivity index (χ3n) is 6.45. The van der Waals surface area contributed by atoms with Crippen LogP contribution in [-0.4, -0.2) is 50.0 Å². The maximum Gasteiger partial charge on any atom is 0.244 e. The van der Waals surface area contributed by atoms with Gasteiger partial charge in [0.15, 0.2) is 0 Å². The number of sulfonamides is 1. The monoisotopic (exact) mass is 501 g/mol. The highest BCUT2D eigenvalue weighted by Crippen LogP contribution is 2.23. The molecule has 0 fully saturated rings. The molecule has 2 amide bonds. The van der Waals surface area contributed by atoms with Gasteiger partial charge < -0.3 is 10.2 Å². The first-order valence-corrected chi connectivity index (χ1v) is 13.9. The Hall–Kier alpha value is -2.87. The lowest BCUT2D eigenvalue weighted by molar-refractivity contribution is -0.140. The summed E-state index contributed by atoms with van der Waals surface area (Å²) >= 11 is 0. The number of benzene rings is 2. The van der Waals surface area contributed by atoms with Crippen molar-refractivity contribution in [3.63, 3.8) is 0 Å². The molecule has 192 valence electrons. The van der Waals surface area contributed by atoms with Gasteiger partial charge in [-0.2, -0.15) is 0 Å². The van der Waals surface area contributed by atoms with Crippen LogP contribution in [0.25, 0.3) is 0 Å². The lowest BCUT2D eigenvalue weighted by Crippen LogP contribution is -2.53. The average Bonchev–Trinajstić information content (AvgIpc) is 2.79. The van der Waals surface area contributed by atoms with Crippen molar-refractivity contribution in [1.29, 1.82) is 0 Å². The number of hydrogen-bond donors (Lipinski definition) is 1. The van der Waals surface area contributed by atoms with Crippen molar-refractivity contribution in [2.24, 2.45) is 0 Å². The third kappa shape index (κ3) is 7.56. The van der Waals surface area contributed by atoms with Gasteiger partial charge >= 0.3 is 0 Å². The highest BCUT2D eigenvalue weighted by molar-refractivity contribution is 7.92. The van der Waals surface area contributed by atoms with Crippen LogP contribution in [0, 0.1) is 20.8 Å². The summed E-state index contributed by atoms with van der Waals surface area (Å²) in [4.78, 5) is 28.4. The molecule has 2 aromatic rings. The zero-order valence-electron chi connectivity index (χ0n) is 22.0. The van der Waals surface area contributed by atoms with E-state index in [0.717, 1.165) is 39.2 Å². The minimum atomic E-state index is -3.75. The normalized spacial score (nSPS) is 13.1. The molecule has 35 heavy (non-hydrogen) atoms. The number of amides is 2. The van der Waals surface area contributed by atoms with E-state index in [-0.39, 0.29) is 25.0 Å². The molecule has 8 heteroatoms. The maximum absolute atomic E-state index is 13.7. The predicted octanol–water partition coefficient (Wildman–Crippen LogP) is 4.10. The fourth-order valence-electron chi connectivity index (χ4n) is 3.83. The minimum Gasteiger partial charge on any atom is -0.352 e. The van der Waals surface area contributed by atoms with E-state index in [1.165, 1.54) is 4.90 Å². The highest BCUT2D eigenvalue weighted by atomic mass is 32.2.